The lowest BCUT2D eigenvalue weighted by Gasteiger charge is -2.07. The lowest BCUT2D eigenvalue weighted by atomic mass is 10.2. The summed E-state index contributed by atoms with van der Waals surface area (Å²) in [5.41, 5.74) is 5.37. The van der Waals surface area contributed by atoms with Crippen LogP contribution in [0.4, 0.5) is 5.00 Å². The van der Waals surface area contributed by atoms with Gasteiger partial charge in [0.15, 0.2) is 0 Å². The standard InChI is InChI=1S/C8H9BrN2O3S/c9-4-1-6(15-3-4)11-8(14)5(10)2-7(12)13/h1,3,5H,2,10H2,(H,11,14)(H,12,13). The average Bonchev–Trinajstić information content (AvgIpc) is 2.50. The minimum atomic E-state index is -1.09. The van der Waals surface area contributed by atoms with Gasteiger partial charge in [0.25, 0.3) is 0 Å². The van der Waals surface area contributed by atoms with Gasteiger partial charge in [-0.3, -0.25) is 9.59 Å². The number of carboxylic acids is 1. The number of hydrogen-bond acceptors (Lipinski definition) is 4. The van der Waals surface area contributed by atoms with E-state index in [0.29, 0.717) is 5.00 Å². The Kier molecular flexibility index (Phi) is 4.25. The highest BCUT2D eigenvalue weighted by Gasteiger charge is 2.17. The molecule has 0 spiro atoms. The SMILES string of the molecule is NC(CC(=O)O)C(=O)Nc1cc(Br)cs1. The number of halogens is 1. The smallest absolute Gasteiger partial charge is 0.305 e. The number of nitrogens with one attached hydrogen (secondary N) is 1. The van der Waals surface area contributed by atoms with Gasteiger partial charge in [0, 0.05) is 9.85 Å². The van der Waals surface area contributed by atoms with E-state index in [-0.39, 0.29) is 6.42 Å². The molecule has 0 fully saturated rings. The molecule has 0 saturated carbocycles. The molecule has 82 valence electrons. The maximum Gasteiger partial charge on any atom is 0.305 e. The molecular formula is C8H9BrN2O3S. The van der Waals surface area contributed by atoms with Gasteiger partial charge in [0.1, 0.15) is 0 Å². The van der Waals surface area contributed by atoms with Crippen LogP contribution >= 0.6 is 27.3 Å². The van der Waals surface area contributed by atoms with Crippen LogP contribution in [0.3, 0.4) is 0 Å². The van der Waals surface area contributed by atoms with Crippen LogP contribution < -0.4 is 11.1 Å². The Labute approximate surface area is 98.4 Å². The topological polar surface area (TPSA) is 92.4 Å². The zero-order valence-electron chi connectivity index (χ0n) is 7.57. The second-order valence-electron chi connectivity index (χ2n) is 2.82. The Morgan fingerprint density at radius 1 is 1.67 bits per heavy atom. The Balaban J connectivity index is 2.52. The molecule has 0 aliphatic heterocycles. The number of rotatable bonds is 4. The number of thiophene rings is 1. The van der Waals surface area contributed by atoms with E-state index >= 15 is 0 Å². The summed E-state index contributed by atoms with van der Waals surface area (Å²) >= 11 is 4.57. The van der Waals surface area contributed by atoms with Crippen molar-refractivity contribution in [2.75, 3.05) is 5.32 Å². The van der Waals surface area contributed by atoms with Crippen LogP contribution in [0, 0.1) is 0 Å². The van der Waals surface area contributed by atoms with Crippen molar-refractivity contribution in [3.8, 4) is 0 Å². The average molecular weight is 293 g/mol. The quantitative estimate of drug-likeness (QED) is 0.779. The summed E-state index contributed by atoms with van der Waals surface area (Å²) in [4.78, 5) is 21.7. The molecule has 0 saturated heterocycles. The molecule has 1 unspecified atom stereocenters. The Morgan fingerprint density at radius 3 is 2.80 bits per heavy atom. The highest BCUT2D eigenvalue weighted by molar-refractivity contribution is 9.10. The van der Waals surface area contributed by atoms with Gasteiger partial charge in [-0.15, -0.1) is 11.3 Å². The van der Waals surface area contributed by atoms with E-state index in [1.165, 1.54) is 11.3 Å². The summed E-state index contributed by atoms with van der Waals surface area (Å²) in [6, 6.07) is 0.694. The van der Waals surface area contributed by atoms with Gasteiger partial charge in [-0.05, 0) is 22.0 Å². The molecule has 0 aromatic carbocycles. The fraction of sp³-hybridized carbons (Fsp3) is 0.250. The summed E-state index contributed by atoms with van der Waals surface area (Å²) < 4.78 is 0.856. The molecule has 1 heterocycles. The van der Waals surface area contributed by atoms with E-state index in [1.54, 1.807) is 11.4 Å². The van der Waals surface area contributed by atoms with Crippen LogP contribution in [0.5, 0.6) is 0 Å². The van der Waals surface area contributed by atoms with E-state index in [9.17, 15) is 9.59 Å². The molecule has 7 heteroatoms. The third-order valence-electron chi connectivity index (χ3n) is 1.55. The number of aliphatic carboxylic acids is 1. The van der Waals surface area contributed by atoms with Crippen molar-refractivity contribution in [2.45, 2.75) is 12.5 Å². The molecule has 5 nitrogen and oxygen atoms in total. The highest BCUT2D eigenvalue weighted by Crippen LogP contribution is 2.24. The van der Waals surface area contributed by atoms with Gasteiger partial charge in [0.05, 0.1) is 17.5 Å². The van der Waals surface area contributed by atoms with Gasteiger partial charge in [-0.25, -0.2) is 0 Å². The van der Waals surface area contributed by atoms with E-state index in [4.69, 9.17) is 10.8 Å². The van der Waals surface area contributed by atoms with Gasteiger partial charge in [-0.1, -0.05) is 0 Å². The zero-order chi connectivity index (χ0) is 11.4. The van der Waals surface area contributed by atoms with Gasteiger partial charge in [-0.2, -0.15) is 0 Å². The molecule has 0 aliphatic carbocycles. The largest absolute Gasteiger partial charge is 0.481 e. The second-order valence-corrected chi connectivity index (χ2v) is 4.65. The first-order chi connectivity index (χ1) is 6.99. The van der Waals surface area contributed by atoms with Crippen LogP contribution in [0.2, 0.25) is 0 Å². The second kappa shape index (κ2) is 5.24. The van der Waals surface area contributed by atoms with Gasteiger partial charge in [0.2, 0.25) is 5.91 Å². The highest BCUT2D eigenvalue weighted by atomic mass is 79.9. The fourth-order valence-corrected chi connectivity index (χ4v) is 2.20. The van der Waals surface area contributed by atoms with Crippen molar-refractivity contribution >= 4 is 44.1 Å². The molecule has 1 rings (SSSR count). The first-order valence-electron chi connectivity index (χ1n) is 4.01. The molecule has 4 N–H and O–H groups in total. The molecule has 1 amide bonds. The number of carbonyl (C=O) groups excluding carboxylic acids is 1. The number of carboxylic acid groups (broad SMARTS) is 1. The maximum absolute atomic E-state index is 11.3. The third-order valence-corrected chi connectivity index (χ3v) is 3.15. The molecule has 0 aliphatic rings. The fourth-order valence-electron chi connectivity index (χ4n) is 0.874. The normalized spacial score (nSPS) is 12.1. The monoisotopic (exact) mass is 292 g/mol. The lowest BCUT2D eigenvalue weighted by molar-refractivity contribution is -0.138. The molecule has 15 heavy (non-hydrogen) atoms. The first kappa shape index (κ1) is 12.2. The molecular weight excluding hydrogens is 284 g/mol. The summed E-state index contributed by atoms with van der Waals surface area (Å²) in [7, 11) is 0. The lowest BCUT2D eigenvalue weighted by Crippen LogP contribution is -2.37. The van der Waals surface area contributed by atoms with Crippen LogP contribution in [-0.4, -0.2) is 23.0 Å². The number of amides is 1. The van der Waals surface area contributed by atoms with Gasteiger partial charge >= 0.3 is 5.97 Å². The zero-order valence-corrected chi connectivity index (χ0v) is 9.97. The van der Waals surface area contributed by atoms with Crippen molar-refractivity contribution in [1.29, 1.82) is 0 Å². The molecule has 0 radical (unpaired) electrons. The molecule has 1 aromatic heterocycles. The van der Waals surface area contributed by atoms with Crippen molar-refractivity contribution in [3.63, 3.8) is 0 Å². The van der Waals surface area contributed by atoms with Crippen molar-refractivity contribution in [2.24, 2.45) is 5.73 Å². The van der Waals surface area contributed by atoms with Gasteiger partial charge < -0.3 is 16.2 Å². The van der Waals surface area contributed by atoms with Crippen molar-refractivity contribution in [1.82, 2.24) is 0 Å². The van der Waals surface area contributed by atoms with Crippen LogP contribution in [0.1, 0.15) is 6.42 Å². The minimum Gasteiger partial charge on any atom is -0.481 e. The summed E-state index contributed by atoms with van der Waals surface area (Å²) in [5, 5.41) is 13.4. The Hall–Kier alpha value is -0.920. The molecule has 0 bridgehead atoms. The predicted octanol–water partition coefficient (Wildman–Crippen LogP) is 1.25. The van der Waals surface area contributed by atoms with Crippen LogP contribution in [0.25, 0.3) is 0 Å². The predicted molar refractivity (Wildman–Crippen MR) is 60.9 cm³/mol. The number of anilines is 1. The van der Waals surface area contributed by atoms with Crippen LogP contribution in [0.15, 0.2) is 15.9 Å². The van der Waals surface area contributed by atoms with Crippen molar-refractivity contribution < 1.29 is 14.7 Å². The molecule has 1 aromatic rings. The maximum atomic E-state index is 11.3. The van der Waals surface area contributed by atoms with E-state index in [2.05, 4.69) is 21.2 Å². The number of carbonyl (C=O) groups is 2. The minimum absolute atomic E-state index is 0.377. The van der Waals surface area contributed by atoms with Crippen molar-refractivity contribution in [3.05, 3.63) is 15.9 Å². The summed E-state index contributed by atoms with van der Waals surface area (Å²) in [6.07, 6.45) is -0.377. The third kappa shape index (κ3) is 3.98. The first-order valence-corrected chi connectivity index (χ1v) is 5.68. The Morgan fingerprint density at radius 2 is 2.33 bits per heavy atom. The summed E-state index contributed by atoms with van der Waals surface area (Å²) in [5.74, 6) is -1.59. The van der Waals surface area contributed by atoms with E-state index in [1.807, 2.05) is 0 Å². The number of hydrogen-bond donors (Lipinski definition) is 3. The number of nitrogens with two attached hydrogens (primary N) is 1. The van der Waals surface area contributed by atoms with E-state index < -0.39 is 17.9 Å². The van der Waals surface area contributed by atoms with E-state index in [0.717, 1.165) is 4.47 Å². The summed E-state index contributed by atoms with van der Waals surface area (Å²) in [6.45, 7) is 0. The Bertz CT molecular complexity index is 380. The van der Waals surface area contributed by atoms with Crippen LogP contribution in [-0.2, 0) is 9.59 Å². The molecule has 1 atom stereocenters.